The van der Waals surface area contributed by atoms with Gasteiger partial charge in [-0.15, -0.1) is 0 Å². The van der Waals surface area contributed by atoms with Gasteiger partial charge < -0.3 is 5.11 Å². The summed E-state index contributed by atoms with van der Waals surface area (Å²) in [6, 6.07) is 4.35. The topological polar surface area (TPSA) is 20.2 Å². The number of benzene rings is 1. The number of hydrogen-bond acceptors (Lipinski definition) is 4. The van der Waals surface area contributed by atoms with Crippen LogP contribution >= 0.6 is 35.3 Å². The second kappa shape index (κ2) is 9.96. The quantitative estimate of drug-likeness (QED) is 0.621. The van der Waals surface area contributed by atoms with E-state index in [1.54, 1.807) is 0 Å². The lowest BCUT2D eigenvalue weighted by Crippen LogP contribution is -2.17. The number of thioether (sulfide) groups is 3. The van der Waals surface area contributed by atoms with E-state index in [1.807, 2.05) is 37.4 Å². The van der Waals surface area contributed by atoms with Gasteiger partial charge in [0.25, 0.3) is 0 Å². The maximum Gasteiger partial charge on any atom is 0.121 e. The predicted octanol–water partition coefficient (Wildman–Crippen LogP) is 5.68. The minimum Gasteiger partial charge on any atom is -0.507 e. The van der Waals surface area contributed by atoms with Gasteiger partial charge >= 0.3 is 0 Å². The molecule has 0 saturated heterocycles. The molecular weight excluding hydrogens is 316 g/mol. The van der Waals surface area contributed by atoms with Crippen molar-refractivity contribution < 1.29 is 5.11 Å². The zero-order valence-corrected chi connectivity index (χ0v) is 16.3. The summed E-state index contributed by atoms with van der Waals surface area (Å²) < 4.78 is 0. The largest absolute Gasteiger partial charge is 0.507 e. The van der Waals surface area contributed by atoms with Crippen molar-refractivity contribution in [2.75, 3.05) is 23.0 Å². The third kappa shape index (κ3) is 5.65. The van der Waals surface area contributed by atoms with Crippen LogP contribution in [0, 0.1) is 13.8 Å². The SMILES string of the molecule is CCSCC(SCC)C(SCC)c1cc(C)c(O)c(C)c1. The van der Waals surface area contributed by atoms with Crippen LogP contribution in [0.2, 0.25) is 0 Å². The van der Waals surface area contributed by atoms with Gasteiger partial charge in [-0.05, 0) is 47.8 Å². The van der Waals surface area contributed by atoms with E-state index < -0.39 is 0 Å². The lowest BCUT2D eigenvalue weighted by molar-refractivity contribution is 0.466. The van der Waals surface area contributed by atoms with Crippen molar-refractivity contribution in [1.29, 1.82) is 0 Å². The monoisotopic (exact) mass is 344 g/mol. The molecule has 0 radical (unpaired) electrons. The van der Waals surface area contributed by atoms with E-state index in [0.29, 0.717) is 16.2 Å². The molecule has 1 nitrogen and oxygen atoms in total. The first kappa shape index (κ1) is 19.1. The fourth-order valence-corrected chi connectivity index (χ4v) is 6.11. The van der Waals surface area contributed by atoms with Crippen LogP contribution in [0.5, 0.6) is 5.75 Å². The number of rotatable bonds is 9. The average Bonchev–Trinajstić information content (AvgIpc) is 2.46. The molecule has 0 saturated carbocycles. The molecule has 0 aromatic heterocycles. The Hall–Kier alpha value is 0.0700. The van der Waals surface area contributed by atoms with Crippen LogP contribution < -0.4 is 0 Å². The molecule has 0 aliphatic rings. The smallest absolute Gasteiger partial charge is 0.121 e. The Morgan fingerprint density at radius 2 is 1.52 bits per heavy atom. The van der Waals surface area contributed by atoms with Gasteiger partial charge in [0.15, 0.2) is 0 Å². The van der Waals surface area contributed by atoms with Crippen molar-refractivity contribution in [3.05, 3.63) is 28.8 Å². The maximum absolute atomic E-state index is 10.0. The molecule has 0 amide bonds. The number of phenolic OH excluding ortho intramolecular Hbond substituents is 1. The average molecular weight is 345 g/mol. The molecule has 4 heteroatoms. The first-order chi connectivity index (χ1) is 10.0. The Kier molecular flexibility index (Phi) is 9.07. The van der Waals surface area contributed by atoms with E-state index in [9.17, 15) is 5.11 Å². The fourth-order valence-electron chi connectivity index (χ4n) is 2.42. The summed E-state index contributed by atoms with van der Waals surface area (Å²) in [7, 11) is 0. The summed E-state index contributed by atoms with van der Waals surface area (Å²) in [5.74, 6) is 5.11. The van der Waals surface area contributed by atoms with Crippen LogP contribution in [0.4, 0.5) is 0 Å². The fraction of sp³-hybridized carbons (Fsp3) is 0.647. The van der Waals surface area contributed by atoms with Crippen molar-refractivity contribution in [2.45, 2.75) is 45.1 Å². The minimum atomic E-state index is 0.446. The van der Waals surface area contributed by atoms with Gasteiger partial charge in [0, 0.05) is 16.3 Å². The Morgan fingerprint density at radius 3 is 2.00 bits per heavy atom. The van der Waals surface area contributed by atoms with Gasteiger partial charge in [0.05, 0.1) is 0 Å². The van der Waals surface area contributed by atoms with Gasteiger partial charge in [-0.1, -0.05) is 32.9 Å². The molecule has 1 aromatic rings. The summed E-state index contributed by atoms with van der Waals surface area (Å²) in [6.07, 6.45) is 0. The standard InChI is InChI=1S/C17H28OS3/c1-6-19-11-15(20-7-2)17(21-8-3)14-9-12(4)16(18)13(5)10-14/h9-10,15,17-18H,6-8,11H2,1-5H3. The molecule has 0 spiro atoms. The van der Waals surface area contributed by atoms with Crippen molar-refractivity contribution >= 4 is 35.3 Å². The molecule has 0 fully saturated rings. The van der Waals surface area contributed by atoms with E-state index >= 15 is 0 Å². The number of hydrogen-bond donors (Lipinski definition) is 1. The minimum absolute atomic E-state index is 0.446. The Balaban J connectivity index is 3.07. The normalized spacial score (nSPS) is 14.1. The zero-order chi connectivity index (χ0) is 15.8. The van der Waals surface area contributed by atoms with E-state index in [2.05, 4.69) is 44.7 Å². The highest BCUT2D eigenvalue weighted by Crippen LogP contribution is 2.41. The molecule has 1 aromatic carbocycles. The molecule has 21 heavy (non-hydrogen) atoms. The van der Waals surface area contributed by atoms with Crippen molar-refractivity contribution in [1.82, 2.24) is 0 Å². The van der Waals surface area contributed by atoms with Crippen LogP contribution in [0.3, 0.4) is 0 Å². The van der Waals surface area contributed by atoms with Gasteiger partial charge in [-0.3, -0.25) is 0 Å². The predicted molar refractivity (Wildman–Crippen MR) is 103 cm³/mol. The summed E-state index contributed by atoms with van der Waals surface area (Å²) in [5.41, 5.74) is 3.36. The second-order valence-corrected chi connectivity index (χ2v) is 9.29. The highest BCUT2D eigenvalue weighted by molar-refractivity contribution is 8.05. The van der Waals surface area contributed by atoms with Crippen LogP contribution in [-0.2, 0) is 0 Å². The maximum atomic E-state index is 10.0. The Morgan fingerprint density at radius 1 is 0.952 bits per heavy atom. The van der Waals surface area contributed by atoms with Gasteiger partial charge in [0.1, 0.15) is 5.75 Å². The first-order valence-electron chi connectivity index (χ1n) is 7.66. The third-order valence-electron chi connectivity index (χ3n) is 3.39. The Bertz CT molecular complexity index is 411. The highest BCUT2D eigenvalue weighted by Gasteiger charge is 2.24. The van der Waals surface area contributed by atoms with Gasteiger partial charge in [0.2, 0.25) is 0 Å². The summed E-state index contributed by atoms with van der Waals surface area (Å²) in [6.45, 7) is 10.7. The molecular formula is C17H28OS3. The molecule has 1 N–H and O–H groups in total. The number of phenols is 1. The van der Waals surface area contributed by atoms with Crippen LogP contribution in [0.1, 0.15) is 42.7 Å². The van der Waals surface area contributed by atoms with Crippen molar-refractivity contribution in [2.24, 2.45) is 0 Å². The van der Waals surface area contributed by atoms with Gasteiger partial charge in [-0.2, -0.15) is 35.3 Å². The summed E-state index contributed by atoms with van der Waals surface area (Å²) >= 11 is 6.14. The summed E-state index contributed by atoms with van der Waals surface area (Å²) in [4.78, 5) is 0. The third-order valence-corrected chi connectivity index (χ3v) is 7.27. The molecule has 0 bridgehead atoms. The number of aryl methyl sites for hydroxylation is 2. The van der Waals surface area contributed by atoms with Crippen LogP contribution in [-0.4, -0.2) is 33.4 Å². The lowest BCUT2D eigenvalue weighted by atomic mass is 10.0. The van der Waals surface area contributed by atoms with E-state index in [-0.39, 0.29) is 0 Å². The van der Waals surface area contributed by atoms with E-state index in [0.717, 1.165) is 22.6 Å². The van der Waals surface area contributed by atoms with Crippen LogP contribution in [0.25, 0.3) is 0 Å². The summed E-state index contributed by atoms with van der Waals surface area (Å²) in [5, 5.41) is 11.2. The van der Waals surface area contributed by atoms with Crippen LogP contribution in [0.15, 0.2) is 12.1 Å². The van der Waals surface area contributed by atoms with E-state index in [4.69, 9.17) is 0 Å². The molecule has 0 aliphatic heterocycles. The van der Waals surface area contributed by atoms with Crippen molar-refractivity contribution in [3.63, 3.8) is 0 Å². The van der Waals surface area contributed by atoms with E-state index in [1.165, 1.54) is 17.1 Å². The molecule has 2 atom stereocenters. The molecule has 120 valence electrons. The molecule has 0 heterocycles. The van der Waals surface area contributed by atoms with Gasteiger partial charge in [-0.25, -0.2) is 0 Å². The first-order valence-corrected chi connectivity index (χ1v) is 10.9. The number of aromatic hydroxyl groups is 1. The molecule has 1 rings (SSSR count). The highest BCUT2D eigenvalue weighted by atomic mass is 32.2. The second-order valence-electron chi connectivity index (χ2n) is 5.03. The zero-order valence-electron chi connectivity index (χ0n) is 13.8. The Labute approximate surface area is 143 Å². The van der Waals surface area contributed by atoms with Crippen molar-refractivity contribution in [3.8, 4) is 5.75 Å². The molecule has 2 unspecified atom stereocenters. The molecule has 0 aliphatic carbocycles. The lowest BCUT2D eigenvalue weighted by Gasteiger charge is -2.27.